The smallest absolute Gasteiger partial charge is 0.336 e. The zero-order chi connectivity index (χ0) is 12.3. The molecule has 2 aromatic carbocycles. The molecule has 0 aliphatic rings. The molecule has 0 amide bonds. The van der Waals surface area contributed by atoms with Gasteiger partial charge in [0, 0.05) is 6.54 Å². The fraction of sp³-hybridized carbons (Fsp3) is 0.0714. The lowest BCUT2D eigenvalue weighted by atomic mass is 9.97. The first-order chi connectivity index (χ1) is 8.22. The Kier molecular flexibility index (Phi) is 3.21. The number of hydrogen-bond acceptors (Lipinski definition) is 2. The summed E-state index contributed by atoms with van der Waals surface area (Å²) in [6.45, 7) is 0.403. The molecule has 0 fully saturated rings. The Morgan fingerprint density at radius 1 is 1.12 bits per heavy atom. The lowest BCUT2D eigenvalue weighted by Gasteiger charge is -2.08. The Morgan fingerprint density at radius 3 is 2.41 bits per heavy atom. The highest BCUT2D eigenvalue weighted by molar-refractivity contribution is 5.96. The Labute approximate surface area is 99.5 Å². The van der Waals surface area contributed by atoms with Crippen molar-refractivity contribution in [3.05, 3.63) is 59.7 Å². The highest BCUT2D eigenvalue weighted by Gasteiger charge is 2.11. The highest BCUT2D eigenvalue weighted by atomic mass is 16.4. The Balaban J connectivity index is 2.61. The molecular weight excluding hydrogens is 214 g/mol. The van der Waals surface area contributed by atoms with E-state index in [1.165, 1.54) is 0 Å². The summed E-state index contributed by atoms with van der Waals surface area (Å²) in [5.74, 6) is -0.924. The molecule has 0 spiro atoms. The van der Waals surface area contributed by atoms with Crippen LogP contribution in [0, 0.1) is 0 Å². The number of nitrogens with two attached hydrogens (primary N) is 1. The predicted molar refractivity (Wildman–Crippen MR) is 66.7 cm³/mol. The van der Waals surface area contributed by atoms with Gasteiger partial charge in [0.2, 0.25) is 0 Å². The molecule has 86 valence electrons. The van der Waals surface area contributed by atoms with Crippen molar-refractivity contribution in [2.45, 2.75) is 6.54 Å². The number of benzene rings is 2. The van der Waals surface area contributed by atoms with Gasteiger partial charge in [-0.15, -0.1) is 0 Å². The average Bonchev–Trinajstić information content (AvgIpc) is 2.39. The Hall–Kier alpha value is -2.13. The fourth-order valence-electron chi connectivity index (χ4n) is 1.76. The maximum absolute atomic E-state index is 11.2. The van der Waals surface area contributed by atoms with Crippen molar-refractivity contribution in [1.82, 2.24) is 0 Å². The molecule has 17 heavy (non-hydrogen) atoms. The van der Waals surface area contributed by atoms with Crippen LogP contribution in [0.1, 0.15) is 15.9 Å². The Bertz CT molecular complexity index is 535. The van der Waals surface area contributed by atoms with Crippen LogP contribution in [-0.4, -0.2) is 11.1 Å². The first kappa shape index (κ1) is 11.4. The molecule has 0 saturated carbocycles. The predicted octanol–water partition coefficient (Wildman–Crippen LogP) is 2.51. The quantitative estimate of drug-likeness (QED) is 0.846. The van der Waals surface area contributed by atoms with E-state index in [2.05, 4.69) is 0 Å². The third-order valence-corrected chi connectivity index (χ3v) is 2.63. The third kappa shape index (κ3) is 2.34. The van der Waals surface area contributed by atoms with Gasteiger partial charge in [0.25, 0.3) is 0 Å². The second kappa shape index (κ2) is 4.80. The molecule has 0 atom stereocenters. The van der Waals surface area contributed by atoms with Crippen molar-refractivity contribution in [3.63, 3.8) is 0 Å². The van der Waals surface area contributed by atoms with Crippen LogP contribution in [0.15, 0.2) is 48.5 Å². The van der Waals surface area contributed by atoms with Crippen LogP contribution in [0.25, 0.3) is 11.1 Å². The molecule has 3 heteroatoms. The molecule has 0 aliphatic heterocycles. The van der Waals surface area contributed by atoms with Crippen molar-refractivity contribution in [1.29, 1.82) is 0 Å². The molecule has 0 saturated heterocycles. The first-order valence-corrected chi connectivity index (χ1v) is 5.34. The van der Waals surface area contributed by atoms with Crippen LogP contribution in [0.5, 0.6) is 0 Å². The summed E-state index contributed by atoms with van der Waals surface area (Å²) in [6.07, 6.45) is 0. The van der Waals surface area contributed by atoms with Crippen LogP contribution in [0.2, 0.25) is 0 Å². The van der Waals surface area contributed by atoms with Gasteiger partial charge in [-0.05, 0) is 28.8 Å². The summed E-state index contributed by atoms with van der Waals surface area (Å²) >= 11 is 0. The van der Waals surface area contributed by atoms with E-state index in [1.54, 1.807) is 12.1 Å². The van der Waals surface area contributed by atoms with Gasteiger partial charge in [0.15, 0.2) is 0 Å². The van der Waals surface area contributed by atoms with E-state index < -0.39 is 5.97 Å². The second-order valence-electron chi connectivity index (χ2n) is 3.76. The van der Waals surface area contributed by atoms with E-state index in [0.29, 0.717) is 17.7 Å². The normalized spacial score (nSPS) is 10.2. The monoisotopic (exact) mass is 227 g/mol. The van der Waals surface area contributed by atoms with E-state index in [0.717, 1.165) is 11.1 Å². The lowest BCUT2D eigenvalue weighted by molar-refractivity contribution is 0.0697. The summed E-state index contributed by atoms with van der Waals surface area (Å²) in [6, 6.07) is 14.6. The standard InChI is InChI=1S/C14H13NO2/c15-9-10-6-7-12(14(16)17)13(8-10)11-4-2-1-3-5-11/h1-8H,9,15H2,(H,16,17). The van der Waals surface area contributed by atoms with Crippen LogP contribution >= 0.6 is 0 Å². The summed E-state index contributed by atoms with van der Waals surface area (Å²) in [5, 5.41) is 9.16. The van der Waals surface area contributed by atoms with Gasteiger partial charge in [-0.2, -0.15) is 0 Å². The maximum atomic E-state index is 11.2. The van der Waals surface area contributed by atoms with E-state index in [4.69, 9.17) is 10.8 Å². The number of carbonyl (C=O) groups is 1. The first-order valence-electron chi connectivity index (χ1n) is 5.34. The number of rotatable bonds is 3. The molecule has 2 rings (SSSR count). The zero-order valence-electron chi connectivity index (χ0n) is 9.26. The molecule has 0 aromatic heterocycles. The van der Waals surface area contributed by atoms with Crippen molar-refractivity contribution in [3.8, 4) is 11.1 Å². The molecule has 0 radical (unpaired) electrons. The Morgan fingerprint density at radius 2 is 1.82 bits per heavy atom. The van der Waals surface area contributed by atoms with Crippen molar-refractivity contribution >= 4 is 5.97 Å². The molecule has 3 N–H and O–H groups in total. The number of carboxylic acid groups (broad SMARTS) is 1. The van der Waals surface area contributed by atoms with Crippen molar-refractivity contribution in [2.75, 3.05) is 0 Å². The highest BCUT2D eigenvalue weighted by Crippen LogP contribution is 2.24. The van der Waals surface area contributed by atoms with Gasteiger partial charge in [-0.1, -0.05) is 36.4 Å². The van der Waals surface area contributed by atoms with Gasteiger partial charge in [-0.25, -0.2) is 4.79 Å². The fourth-order valence-corrected chi connectivity index (χ4v) is 1.76. The van der Waals surface area contributed by atoms with Crippen LogP contribution in [0.3, 0.4) is 0 Å². The molecule has 0 bridgehead atoms. The summed E-state index contributed by atoms with van der Waals surface area (Å²) in [7, 11) is 0. The van der Waals surface area contributed by atoms with Crippen molar-refractivity contribution < 1.29 is 9.90 Å². The zero-order valence-corrected chi connectivity index (χ0v) is 9.26. The lowest BCUT2D eigenvalue weighted by Crippen LogP contribution is -2.02. The van der Waals surface area contributed by atoms with Gasteiger partial charge < -0.3 is 10.8 Å². The van der Waals surface area contributed by atoms with E-state index in [-0.39, 0.29) is 0 Å². The van der Waals surface area contributed by atoms with Gasteiger partial charge in [-0.3, -0.25) is 0 Å². The van der Waals surface area contributed by atoms with Crippen LogP contribution in [0.4, 0.5) is 0 Å². The minimum Gasteiger partial charge on any atom is -0.478 e. The molecule has 3 nitrogen and oxygen atoms in total. The molecule has 0 aliphatic carbocycles. The molecule has 0 unspecified atom stereocenters. The number of aromatic carboxylic acids is 1. The van der Waals surface area contributed by atoms with Gasteiger partial charge in [0.05, 0.1) is 5.56 Å². The topological polar surface area (TPSA) is 63.3 Å². The average molecular weight is 227 g/mol. The van der Waals surface area contributed by atoms with Crippen LogP contribution < -0.4 is 5.73 Å². The largest absolute Gasteiger partial charge is 0.478 e. The van der Waals surface area contributed by atoms with E-state index in [1.807, 2.05) is 36.4 Å². The maximum Gasteiger partial charge on any atom is 0.336 e. The minimum atomic E-state index is -0.924. The summed E-state index contributed by atoms with van der Waals surface area (Å²) in [5.41, 5.74) is 8.40. The van der Waals surface area contributed by atoms with Gasteiger partial charge >= 0.3 is 5.97 Å². The van der Waals surface area contributed by atoms with Gasteiger partial charge in [0.1, 0.15) is 0 Å². The summed E-state index contributed by atoms with van der Waals surface area (Å²) in [4.78, 5) is 11.2. The molecule has 2 aromatic rings. The van der Waals surface area contributed by atoms with Crippen LogP contribution in [-0.2, 0) is 6.54 Å². The number of carboxylic acids is 1. The van der Waals surface area contributed by atoms with Crippen molar-refractivity contribution in [2.24, 2.45) is 5.73 Å². The minimum absolute atomic E-state index is 0.299. The SMILES string of the molecule is NCc1ccc(C(=O)O)c(-c2ccccc2)c1. The number of hydrogen-bond donors (Lipinski definition) is 2. The van der Waals surface area contributed by atoms with E-state index >= 15 is 0 Å². The third-order valence-electron chi connectivity index (χ3n) is 2.63. The molecular formula is C14H13NO2. The molecule has 0 heterocycles. The van der Waals surface area contributed by atoms with E-state index in [9.17, 15) is 4.79 Å². The second-order valence-corrected chi connectivity index (χ2v) is 3.76. The summed E-state index contributed by atoms with van der Waals surface area (Å²) < 4.78 is 0.